The number of benzene rings is 1. The Morgan fingerprint density at radius 3 is 2.26 bits per heavy atom. The molecule has 5 N–H and O–H groups in total. The molecule has 0 bridgehead atoms. The van der Waals surface area contributed by atoms with Gasteiger partial charge >= 0.3 is 0 Å². The number of aliphatic hydroxyl groups is 1. The zero-order valence-electron chi connectivity index (χ0n) is 27.2. The lowest BCUT2D eigenvalue weighted by Gasteiger charge is -2.47. The molecule has 2 fully saturated rings. The Labute approximate surface area is 263 Å². The Balaban J connectivity index is 1.83. The minimum absolute atomic E-state index is 0.00279. The number of fused-ring (bicyclic) bond motifs is 1. The molecule has 1 saturated heterocycles. The topological polar surface area (TPSA) is 123 Å². The molecule has 6 unspecified atom stereocenters. The first-order chi connectivity index (χ1) is 20.2. The summed E-state index contributed by atoms with van der Waals surface area (Å²) in [5.74, 6) is 0.883. The number of hydrogen-bond acceptors (Lipinski definition) is 7. The number of nitrogens with one attached hydrogen (secondary N) is 4. The fraction of sp³-hybridized carbons (Fsp3) is 0.727. The minimum Gasteiger partial charge on any atom is -0.390 e. The summed E-state index contributed by atoms with van der Waals surface area (Å²) in [4.78, 5) is 42.9. The van der Waals surface area contributed by atoms with E-state index in [1.54, 1.807) is 18.8 Å². The van der Waals surface area contributed by atoms with Crippen LogP contribution < -0.4 is 21.3 Å². The van der Waals surface area contributed by atoms with Gasteiger partial charge in [0.1, 0.15) is 6.04 Å². The van der Waals surface area contributed by atoms with Crippen molar-refractivity contribution in [1.82, 2.24) is 26.2 Å². The van der Waals surface area contributed by atoms with E-state index in [1.807, 2.05) is 71.9 Å². The van der Waals surface area contributed by atoms with Gasteiger partial charge in [-0.1, -0.05) is 58.2 Å². The number of amides is 3. The number of rotatable bonds is 12. The molecular weight excluding hydrogens is 562 g/mol. The highest BCUT2D eigenvalue weighted by molar-refractivity contribution is 7.99. The van der Waals surface area contributed by atoms with Crippen LogP contribution in [0.5, 0.6) is 0 Å². The predicted molar refractivity (Wildman–Crippen MR) is 174 cm³/mol. The van der Waals surface area contributed by atoms with Gasteiger partial charge in [0.2, 0.25) is 17.7 Å². The third-order valence-electron chi connectivity index (χ3n) is 8.46. The minimum atomic E-state index is -0.918. The molecule has 1 aromatic rings. The molecule has 43 heavy (non-hydrogen) atoms. The summed E-state index contributed by atoms with van der Waals surface area (Å²) in [6.45, 7) is 12.8. The normalized spacial score (nSPS) is 23.4. The maximum Gasteiger partial charge on any atom is 0.243 e. The molecule has 242 valence electrons. The monoisotopic (exact) mass is 617 g/mol. The summed E-state index contributed by atoms with van der Waals surface area (Å²) >= 11 is 1.57. The number of β-amino-alcohol motifs (C(OH)–C–C–N with tert-alkyl or cyclic N) is 1. The van der Waals surface area contributed by atoms with Crippen molar-refractivity contribution in [2.75, 3.05) is 32.4 Å². The summed E-state index contributed by atoms with van der Waals surface area (Å²) in [5.41, 5.74) is -0.901. The number of piperidine rings is 1. The Hall–Kier alpha value is -2.14. The van der Waals surface area contributed by atoms with E-state index < -0.39 is 23.6 Å². The molecule has 2 aliphatic rings. The van der Waals surface area contributed by atoms with Crippen LogP contribution in [0.3, 0.4) is 0 Å². The maximum absolute atomic E-state index is 13.7. The van der Waals surface area contributed by atoms with Crippen LogP contribution in [0.4, 0.5) is 0 Å². The predicted octanol–water partition coefficient (Wildman–Crippen LogP) is 3.17. The second-order valence-corrected chi connectivity index (χ2v) is 15.5. The Bertz CT molecular complexity index is 1060. The van der Waals surface area contributed by atoms with Gasteiger partial charge in [-0.15, -0.1) is 11.8 Å². The second-order valence-electron chi connectivity index (χ2n) is 14.5. The summed E-state index contributed by atoms with van der Waals surface area (Å²) < 4.78 is 0. The Morgan fingerprint density at radius 2 is 1.65 bits per heavy atom. The van der Waals surface area contributed by atoms with Gasteiger partial charge in [-0.3, -0.25) is 19.3 Å². The van der Waals surface area contributed by atoms with Gasteiger partial charge in [-0.2, -0.15) is 0 Å². The number of aliphatic hydroxyl groups excluding tert-OH is 1. The third-order valence-corrected chi connectivity index (χ3v) is 9.59. The largest absolute Gasteiger partial charge is 0.390 e. The van der Waals surface area contributed by atoms with E-state index in [0.717, 1.165) is 30.7 Å². The lowest BCUT2D eigenvalue weighted by Crippen LogP contribution is -2.62. The zero-order valence-corrected chi connectivity index (χ0v) is 28.1. The van der Waals surface area contributed by atoms with E-state index in [2.05, 4.69) is 26.2 Å². The van der Waals surface area contributed by atoms with Crippen LogP contribution in [0.25, 0.3) is 0 Å². The molecule has 1 aromatic carbocycles. The SMILES string of the molecule is CNCC(=O)NC(C(=O)NC(CSc1ccccc1)C(O)CN1CC2CCCCC2CC1C(=O)NC(C)(C)C)C(C)(C)C. The van der Waals surface area contributed by atoms with Gasteiger partial charge in [0.25, 0.3) is 0 Å². The lowest BCUT2D eigenvalue weighted by molar-refractivity contribution is -0.134. The highest BCUT2D eigenvalue weighted by atomic mass is 32.2. The van der Waals surface area contributed by atoms with Crippen molar-refractivity contribution in [3.8, 4) is 0 Å². The van der Waals surface area contributed by atoms with Crippen LogP contribution >= 0.6 is 11.8 Å². The second kappa shape index (κ2) is 15.7. The number of nitrogens with zero attached hydrogens (tertiary/aromatic N) is 1. The number of likely N-dealkylation sites (tertiary alicyclic amines) is 1. The summed E-state index contributed by atoms with van der Waals surface area (Å²) in [5, 5.41) is 23.7. The van der Waals surface area contributed by atoms with Gasteiger partial charge in [0.05, 0.1) is 24.7 Å². The van der Waals surface area contributed by atoms with Crippen LogP contribution in [-0.2, 0) is 14.4 Å². The van der Waals surface area contributed by atoms with E-state index >= 15 is 0 Å². The molecule has 1 aliphatic carbocycles. The van der Waals surface area contributed by atoms with Crippen LogP contribution in [-0.4, -0.2) is 89.9 Å². The number of hydrogen-bond donors (Lipinski definition) is 5. The molecule has 10 heteroatoms. The summed E-state index contributed by atoms with van der Waals surface area (Å²) in [6, 6.07) is 8.19. The highest BCUT2D eigenvalue weighted by Gasteiger charge is 2.42. The fourth-order valence-corrected chi connectivity index (χ4v) is 7.29. The molecule has 3 amide bonds. The van der Waals surface area contributed by atoms with Gasteiger partial charge in [0, 0.05) is 29.3 Å². The third kappa shape index (κ3) is 11.1. The molecule has 1 aliphatic heterocycles. The van der Waals surface area contributed by atoms with E-state index in [0.29, 0.717) is 17.6 Å². The van der Waals surface area contributed by atoms with Crippen molar-refractivity contribution in [3.05, 3.63) is 30.3 Å². The van der Waals surface area contributed by atoms with Crippen molar-refractivity contribution >= 4 is 29.5 Å². The lowest BCUT2D eigenvalue weighted by atomic mass is 9.72. The molecule has 1 saturated carbocycles. The average molecular weight is 618 g/mol. The van der Waals surface area contributed by atoms with Crippen molar-refractivity contribution in [2.24, 2.45) is 17.3 Å². The van der Waals surface area contributed by atoms with E-state index in [-0.39, 0.29) is 42.4 Å². The van der Waals surface area contributed by atoms with Crippen LogP contribution in [0.15, 0.2) is 35.2 Å². The first-order valence-corrected chi connectivity index (χ1v) is 16.8. The van der Waals surface area contributed by atoms with Crippen molar-refractivity contribution in [1.29, 1.82) is 0 Å². The summed E-state index contributed by atoms with van der Waals surface area (Å²) in [6.07, 6.45) is 4.59. The first kappa shape index (κ1) is 35.3. The molecule has 9 nitrogen and oxygen atoms in total. The first-order valence-electron chi connectivity index (χ1n) is 15.8. The summed E-state index contributed by atoms with van der Waals surface area (Å²) in [7, 11) is 1.68. The van der Waals surface area contributed by atoms with Crippen molar-refractivity contribution < 1.29 is 19.5 Å². The van der Waals surface area contributed by atoms with E-state index in [4.69, 9.17) is 0 Å². The number of likely N-dealkylation sites (N-methyl/N-ethyl adjacent to an activating group) is 1. The number of thioether (sulfide) groups is 1. The maximum atomic E-state index is 13.7. The molecular formula is C33H55N5O4S. The molecule has 1 heterocycles. The smallest absolute Gasteiger partial charge is 0.243 e. The van der Waals surface area contributed by atoms with Gasteiger partial charge < -0.3 is 26.4 Å². The van der Waals surface area contributed by atoms with Crippen LogP contribution in [0, 0.1) is 17.3 Å². The molecule has 3 rings (SSSR count). The van der Waals surface area contributed by atoms with Crippen LogP contribution in [0.1, 0.15) is 73.6 Å². The molecule has 0 aromatic heterocycles. The Morgan fingerprint density at radius 1 is 1.00 bits per heavy atom. The zero-order chi connectivity index (χ0) is 31.8. The van der Waals surface area contributed by atoms with Gasteiger partial charge in [-0.25, -0.2) is 0 Å². The Kier molecular flexibility index (Phi) is 12.9. The molecule has 6 atom stereocenters. The van der Waals surface area contributed by atoms with Crippen molar-refractivity contribution in [2.45, 2.75) is 108 Å². The highest BCUT2D eigenvalue weighted by Crippen LogP contribution is 2.39. The fourth-order valence-electron chi connectivity index (χ4n) is 6.26. The van der Waals surface area contributed by atoms with Crippen molar-refractivity contribution in [3.63, 3.8) is 0 Å². The van der Waals surface area contributed by atoms with Gasteiger partial charge in [0.15, 0.2) is 0 Å². The van der Waals surface area contributed by atoms with E-state index in [1.165, 1.54) is 12.8 Å². The van der Waals surface area contributed by atoms with E-state index in [9.17, 15) is 19.5 Å². The average Bonchev–Trinajstić information content (AvgIpc) is 2.92. The number of carbonyl (C=O) groups excluding carboxylic acids is 3. The van der Waals surface area contributed by atoms with Crippen LogP contribution in [0.2, 0.25) is 0 Å². The van der Waals surface area contributed by atoms with Gasteiger partial charge in [-0.05, 0) is 70.0 Å². The molecule has 0 radical (unpaired) electrons. The molecule has 0 spiro atoms. The quantitative estimate of drug-likeness (QED) is 0.229. The standard InChI is InChI=1S/C33H55N5O4S/c1-32(2,3)29(36-28(40)18-34-7)31(42)35-25(21-43-24-15-9-8-10-16-24)27(39)20-38-19-23-14-12-11-13-22(23)17-26(38)30(41)37-33(4,5)6/h8-10,15-16,22-23,25-27,29,34,39H,11-14,17-21H2,1-7H3,(H,35,42)(H,36,40)(H,37,41). The number of carbonyl (C=O) groups is 3.